The second-order valence-corrected chi connectivity index (χ2v) is 4.99. The van der Waals surface area contributed by atoms with Gasteiger partial charge in [-0.3, -0.25) is 4.79 Å². The Morgan fingerprint density at radius 3 is 3.25 bits per heavy atom. The monoisotopic (exact) mass is 274 g/mol. The Kier molecular flexibility index (Phi) is 4.91. The summed E-state index contributed by atoms with van der Waals surface area (Å²) in [6.07, 6.45) is 3.82. The quantitative estimate of drug-likeness (QED) is 0.827. The smallest absolute Gasteiger partial charge is 0.317 e. The van der Waals surface area contributed by atoms with Gasteiger partial charge >= 0.3 is 5.97 Å². The van der Waals surface area contributed by atoms with Crippen LogP contribution in [0.4, 0.5) is 5.69 Å². The molecule has 1 fully saturated rings. The van der Waals surface area contributed by atoms with Crippen LogP contribution in [0.25, 0.3) is 0 Å². The average Bonchev–Trinajstić information content (AvgIpc) is 2.47. The molecule has 1 atom stereocenters. The SMILES string of the molecule is N#Cc1cc(N2CCCC(CNCC(=O)O)C2)ccn1. The third-order valence-corrected chi connectivity index (χ3v) is 3.45. The third-order valence-electron chi connectivity index (χ3n) is 3.45. The van der Waals surface area contributed by atoms with E-state index in [1.165, 1.54) is 0 Å². The van der Waals surface area contributed by atoms with Crippen molar-refractivity contribution in [3.05, 3.63) is 24.0 Å². The number of nitrogens with zero attached hydrogens (tertiary/aromatic N) is 3. The molecule has 20 heavy (non-hydrogen) atoms. The molecule has 2 N–H and O–H groups in total. The molecule has 0 spiro atoms. The molecule has 1 aliphatic heterocycles. The fourth-order valence-electron chi connectivity index (χ4n) is 2.53. The number of carboxylic acid groups (broad SMARTS) is 1. The van der Waals surface area contributed by atoms with Gasteiger partial charge in [0.2, 0.25) is 0 Å². The van der Waals surface area contributed by atoms with Crippen LogP contribution in [0.3, 0.4) is 0 Å². The number of nitriles is 1. The van der Waals surface area contributed by atoms with Crippen molar-refractivity contribution in [1.29, 1.82) is 5.26 Å². The van der Waals surface area contributed by atoms with Crippen LogP contribution in [0.5, 0.6) is 0 Å². The molecular weight excluding hydrogens is 256 g/mol. The van der Waals surface area contributed by atoms with E-state index >= 15 is 0 Å². The molecule has 1 aliphatic rings. The predicted molar refractivity (Wildman–Crippen MR) is 74.4 cm³/mol. The van der Waals surface area contributed by atoms with Crippen LogP contribution >= 0.6 is 0 Å². The van der Waals surface area contributed by atoms with Gasteiger partial charge in [-0.25, -0.2) is 4.98 Å². The molecule has 6 heteroatoms. The van der Waals surface area contributed by atoms with Gasteiger partial charge in [-0.2, -0.15) is 5.26 Å². The van der Waals surface area contributed by atoms with Crippen LogP contribution in [0, 0.1) is 17.2 Å². The highest BCUT2D eigenvalue weighted by atomic mass is 16.4. The minimum absolute atomic E-state index is 0.00430. The summed E-state index contributed by atoms with van der Waals surface area (Å²) in [5, 5.41) is 20.5. The number of carboxylic acids is 1. The molecule has 1 unspecified atom stereocenters. The molecule has 2 heterocycles. The molecule has 0 aliphatic carbocycles. The van der Waals surface area contributed by atoms with Gasteiger partial charge in [0.1, 0.15) is 11.8 Å². The molecule has 0 aromatic carbocycles. The summed E-state index contributed by atoms with van der Waals surface area (Å²) in [5.41, 5.74) is 1.44. The van der Waals surface area contributed by atoms with Crippen LogP contribution in [-0.2, 0) is 4.79 Å². The van der Waals surface area contributed by atoms with Crippen LogP contribution in [0.1, 0.15) is 18.5 Å². The topological polar surface area (TPSA) is 89.2 Å². The maximum absolute atomic E-state index is 10.5. The van der Waals surface area contributed by atoms with Crippen molar-refractivity contribution in [2.45, 2.75) is 12.8 Å². The number of carbonyl (C=O) groups is 1. The highest BCUT2D eigenvalue weighted by Crippen LogP contribution is 2.22. The number of hydrogen-bond donors (Lipinski definition) is 2. The van der Waals surface area contributed by atoms with Crippen LogP contribution in [0.15, 0.2) is 18.3 Å². The van der Waals surface area contributed by atoms with Gasteiger partial charge in [0.05, 0.1) is 6.54 Å². The number of pyridine rings is 1. The summed E-state index contributed by atoms with van der Waals surface area (Å²) in [5.74, 6) is -0.396. The highest BCUT2D eigenvalue weighted by Gasteiger charge is 2.20. The fraction of sp³-hybridized carbons (Fsp3) is 0.500. The number of anilines is 1. The Hall–Kier alpha value is -2.13. The van der Waals surface area contributed by atoms with Crippen LogP contribution in [0.2, 0.25) is 0 Å². The first-order valence-electron chi connectivity index (χ1n) is 6.72. The first kappa shape index (κ1) is 14.3. The molecule has 2 rings (SSSR count). The van der Waals surface area contributed by atoms with Crippen molar-refractivity contribution < 1.29 is 9.90 Å². The fourth-order valence-corrected chi connectivity index (χ4v) is 2.53. The van der Waals surface area contributed by atoms with E-state index in [1.54, 1.807) is 12.3 Å². The number of nitrogens with one attached hydrogen (secondary N) is 1. The summed E-state index contributed by atoms with van der Waals surface area (Å²) in [7, 11) is 0. The van der Waals surface area contributed by atoms with Gasteiger partial charge in [-0.1, -0.05) is 0 Å². The van der Waals surface area contributed by atoms with Gasteiger partial charge < -0.3 is 15.3 Å². The number of hydrogen-bond acceptors (Lipinski definition) is 5. The lowest BCUT2D eigenvalue weighted by molar-refractivity contribution is -0.136. The Morgan fingerprint density at radius 1 is 1.65 bits per heavy atom. The number of rotatable bonds is 5. The molecular formula is C14H18N4O2. The van der Waals surface area contributed by atoms with E-state index in [1.807, 2.05) is 12.1 Å². The Balaban J connectivity index is 1.92. The van der Waals surface area contributed by atoms with Crippen LogP contribution < -0.4 is 10.2 Å². The molecule has 1 aromatic heterocycles. The number of aromatic nitrogens is 1. The normalized spacial score (nSPS) is 18.6. The lowest BCUT2D eigenvalue weighted by atomic mass is 9.97. The van der Waals surface area contributed by atoms with Gasteiger partial charge in [0.25, 0.3) is 0 Å². The molecule has 0 amide bonds. The second-order valence-electron chi connectivity index (χ2n) is 4.99. The van der Waals surface area contributed by atoms with Gasteiger partial charge in [0, 0.05) is 31.5 Å². The lowest BCUT2D eigenvalue weighted by Gasteiger charge is -2.34. The minimum Gasteiger partial charge on any atom is -0.480 e. The van der Waals surface area contributed by atoms with Crippen LogP contribution in [-0.4, -0.2) is 42.2 Å². The Labute approximate surface area is 118 Å². The standard InChI is InChI=1S/C14H18N4O2/c15-7-12-6-13(3-4-17-12)18-5-1-2-11(10-18)8-16-9-14(19)20/h3-4,6,11,16H,1-2,5,8-10H2,(H,19,20). The summed E-state index contributed by atoms with van der Waals surface area (Å²) in [6.45, 7) is 2.55. The lowest BCUT2D eigenvalue weighted by Crippen LogP contribution is -2.40. The molecule has 6 nitrogen and oxygen atoms in total. The maximum atomic E-state index is 10.5. The molecule has 106 valence electrons. The Bertz CT molecular complexity index is 512. The van der Waals surface area contributed by atoms with E-state index in [0.29, 0.717) is 18.2 Å². The van der Waals surface area contributed by atoms with E-state index in [0.717, 1.165) is 31.6 Å². The zero-order valence-corrected chi connectivity index (χ0v) is 11.2. The summed E-state index contributed by atoms with van der Waals surface area (Å²) in [4.78, 5) is 16.7. The zero-order valence-electron chi connectivity index (χ0n) is 11.2. The van der Waals surface area contributed by atoms with E-state index in [4.69, 9.17) is 10.4 Å². The van der Waals surface area contributed by atoms with Crippen molar-refractivity contribution in [3.63, 3.8) is 0 Å². The largest absolute Gasteiger partial charge is 0.480 e. The van der Waals surface area contributed by atoms with Crippen molar-refractivity contribution >= 4 is 11.7 Å². The van der Waals surface area contributed by atoms with E-state index < -0.39 is 5.97 Å². The second kappa shape index (κ2) is 6.87. The van der Waals surface area contributed by atoms with Gasteiger partial charge in [-0.05, 0) is 30.9 Å². The van der Waals surface area contributed by atoms with Crippen molar-refractivity contribution in [2.75, 3.05) is 31.1 Å². The van der Waals surface area contributed by atoms with E-state index in [2.05, 4.69) is 15.2 Å². The maximum Gasteiger partial charge on any atom is 0.317 e. The number of piperidine rings is 1. The van der Waals surface area contributed by atoms with Crippen molar-refractivity contribution in [3.8, 4) is 6.07 Å². The first-order valence-corrected chi connectivity index (χ1v) is 6.72. The molecule has 1 saturated heterocycles. The first-order chi connectivity index (χ1) is 9.69. The summed E-state index contributed by atoms with van der Waals surface area (Å²) >= 11 is 0. The highest BCUT2D eigenvalue weighted by molar-refractivity contribution is 5.68. The molecule has 0 saturated carbocycles. The summed E-state index contributed by atoms with van der Waals surface area (Å²) < 4.78 is 0. The third kappa shape index (κ3) is 3.93. The molecule has 1 aromatic rings. The van der Waals surface area contributed by atoms with E-state index in [-0.39, 0.29) is 6.54 Å². The zero-order chi connectivity index (χ0) is 14.4. The average molecular weight is 274 g/mol. The number of aliphatic carboxylic acids is 1. The molecule has 0 radical (unpaired) electrons. The summed E-state index contributed by atoms with van der Waals surface area (Å²) in [6, 6.07) is 5.76. The Morgan fingerprint density at radius 2 is 2.50 bits per heavy atom. The van der Waals surface area contributed by atoms with Crippen molar-refractivity contribution in [1.82, 2.24) is 10.3 Å². The van der Waals surface area contributed by atoms with Crippen molar-refractivity contribution in [2.24, 2.45) is 5.92 Å². The predicted octanol–water partition coefficient (Wildman–Crippen LogP) is 0.844. The minimum atomic E-state index is -0.828. The van der Waals surface area contributed by atoms with Gasteiger partial charge in [0.15, 0.2) is 0 Å². The van der Waals surface area contributed by atoms with E-state index in [9.17, 15) is 4.79 Å². The van der Waals surface area contributed by atoms with Gasteiger partial charge in [-0.15, -0.1) is 0 Å². The molecule has 0 bridgehead atoms.